The second-order valence-electron chi connectivity index (χ2n) is 8.86. The number of anilines is 5. The minimum atomic E-state index is -4.83. The maximum Gasteiger partial charge on any atom is 0.439 e. The Balaban J connectivity index is 1.71. The Kier molecular flexibility index (Phi) is 8.21. The summed E-state index contributed by atoms with van der Waals surface area (Å²) in [5.41, 5.74) is 5.93. The first kappa shape index (κ1) is 30.0. The quantitative estimate of drug-likeness (QED) is 0.117. The van der Waals surface area contributed by atoms with Gasteiger partial charge in [0, 0.05) is 24.4 Å². The molecule has 17 heteroatoms. The Morgan fingerprint density at radius 2 is 1.45 bits per heavy atom. The lowest BCUT2D eigenvalue weighted by molar-refractivity contribution is -0.603. The smallest absolute Gasteiger partial charge is 0.366 e. The number of hydrogen-bond acceptors (Lipinski definition) is 10. The molecule has 2 amide bonds. The van der Waals surface area contributed by atoms with Crippen LogP contribution in [0.25, 0.3) is 5.95 Å². The van der Waals surface area contributed by atoms with Crippen LogP contribution < -0.4 is 26.3 Å². The summed E-state index contributed by atoms with van der Waals surface area (Å²) in [6.07, 6.45) is 3.01. The number of rotatable bonds is 9. The molecule has 0 aliphatic rings. The first-order valence-corrected chi connectivity index (χ1v) is 14.7. The molecular formula is C25H24N7O8S2+. The monoisotopic (exact) mass is 614 g/mol. The number of nitrogens with zero attached hydrogens (tertiary/aromatic N) is 3. The lowest BCUT2D eigenvalue weighted by Crippen LogP contribution is -2.34. The van der Waals surface area contributed by atoms with Crippen LogP contribution in [0.1, 0.15) is 23.0 Å². The van der Waals surface area contributed by atoms with Gasteiger partial charge in [0.1, 0.15) is 15.5 Å². The molecule has 2 aromatic heterocycles. The first-order valence-electron chi connectivity index (χ1n) is 11.8. The van der Waals surface area contributed by atoms with Crippen LogP contribution in [0.2, 0.25) is 0 Å². The predicted octanol–water partition coefficient (Wildman–Crippen LogP) is 2.10. The van der Waals surface area contributed by atoms with E-state index in [2.05, 4.69) is 25.9 Å². The first-order chi connectivity index (χ1) is 19.6. The highest BCUT2D eigenvalue weighted by molar-refractivity contribution is 7.86. The minimum Gasteiger partial charge on any atom is -0.366 e. The van der Waals surface area contributed by atoms with Crippen molar-refractivity contribution in [3.8, 4) is 5.95 Å². The van der Waals surface area contributed by atoms with Crippen LogP contribution in [-0.2, 0) is 25.0 Å². The molecule has 0 saturated heterocycles. The standard InChI is InChI=1S/C25H23N7O8S2/c1-14-10-23(31-25(27-14)32-9-3-4-16(13-32)24(26)34)30-20-8-6-18(12-22(20)42(38,39)40)29-19-7-5-17(28-15(2)33)11-21(19)41(35,36)37/h3-13,29H,1-2H3,(H5-,26,27,28,30,31,33,34,35,36,37,38,39,40)/p+1. The number of amides is 2. The Morgan fingerprint density at radius 1 is 0.857 bits per heavy atom. The normalized spacial score (nSPS) is 11.5. The van der Waals surface area contributed by atoms with Gasteiger partial charge in [-0.2, -0.15) is 16.8 Å². The third-order valence-corrected chi connectivity index (χ3v) is 7.33. The molecule has 15 nitrogen and oxygen atoms in total. The Bertz CT molecular complexity index is 1950. The van der Waals surface area contributed by atoms with Crippen molar-refractivity contribution < 1.29 is 40.1 Å². The zero-order valence-corrected chi connectivity index (χ0v) is 23.6. The molecule has 0 radical (unpaired) electrons. The average molecular weight is 615 g/mol. The van der Waals surface area contributed by atoms with E-state index in [0.29, 0.717) is 5.69 Å². The fourth-order valence-electron chi connectivity index (χ4n) is 3.81. The number of carbonyl (C=O) groups is 2. The number of aromatic nitrogens is 3. The summed E-state index contributed by atoms with van der Waals surface area (Å²) < 4.78 is 69.7. The Labute approximate surface area is 240 Å². The zero-order chi connectivity index (χ0) is 30.8. The molecule has 0 spiro atoms. The molecule has 7 N–H and O–H groups in total. The van der Waals surface area contributed by atoms with Crippen LogP contribution in [0.3, 0.4) is 0 Å². The fraction of sp³-hybridized carbons (Fsp3) is 0.0800. The van der Waals surface area contributed by atoms with Crippen LogP contribution in [0, 0.1) is 6.92 Å². The highest BCUT2D eigenvalue weighted by atomic mass is 32.2. The SMILES string of the molecule is CC(=O)Nc1ccc(Nc2ccc(Nc3cc(C)nc(-[n+]4cccc(C(N)=O)c4)n3)c(S(=O)(=O)O)c2)c(S(=O)(=O)O)c1. The van der Waals surface area contributed by atoms with Gasteiger partial charge in [0.2, 0.25) is 11.7 Å². The van der Waals surface area contributed by atoms with Crippen molar-refractivity contribution >= 4 is 60.6 Å². The fourth-order valence-corrected chi connectivity index (χ4v) is 5.15. The van der Waals surface area contributed by atoms with Gasteiger partial charge >= 0.3 is 5.95 Å². The molecule has 0 aliphatic carbocycles. The van der Waals surface area contributed by atoms with Gasteiger partial charge in [-0.1, -0.05) is 4.98 Å². The lowest BCUT2D eigenvalue weighted by atomic mass is 10.2. The van der Waals surface area contributed by atoms with Gasteiger partial charge in [0.25, 0.3) is 26.1 Å². The van der Waals surface area contributed by atoms with Gasteiger partial charge in [0.15, 0.2) is 0 Å². The highest BCUT2D eigenvalue weighted by Gasteiger charge is 2.22. The molecule has 2 heterocycles. The van der Waals surface area contributed by atoms with E-state index in [0.717, 1.165) is 12.1 Å². The van der Waals surface area contributed by atoms with Crippen molar-refractivity contribution in [1.29, 1.82) is 0 Å². The summed E-state index contributed by atoms with van der Waals surface area (Å²) in [5.74, 6) is -0.856. The molecule has 2 aromatic carbocycles. The summed E-state index contributed by atoms with van der Waals surface area (Å²) in [7, 11) is -9.61. The molecule has 0 unspecified atom stereocenters. The number of primary amides is 1. The van der Waals surface area contributed by atoms with Crippen LogP contribution in [0.4, 0.5) is 28.6 Å². The number of carbonyl (C=O) groups excluding carboxylic acids is 2. The van der Waals surface area contributed by atoms with Crippen molar-refractivity contribution in [2.45, 2.75) is 23.6 Å². The van der Waals surface area contributed by atoms with Crippen LogP contribution in [0.5, 0.6) is 0 Å². The topological polar surface area (TPSA) is 235 Å². The molecule has 0 atom stereocenters. The van der Waals surface area contributed by atoms with Crippen molar-refractivity contribution in [3.05, 3.63) is 78.2 Å². The highest BCUT2D eigenvalue weighted by Crippen LogP contribution is 2.32. The van der Waals surface area contributed by atoms with Crippen molar-refractivity contribution in [2.75, 3.05) is 16.0 Å². The molecule has 0 aliphatic heterocycles. The van der Waals surface area contributed by atoms with E-state index in [-0.39, 0.29) is 40.1 Å². The van der Waals surface area contributed by atoms with Gasteiger partial charge in [0.05, 0.1) is 29.3 Å². The van der Waals surface area contributed by atoms with Gasteiger partial charge in [-0.05, 0) is 60.4 Å². The summed E-state index contributed by atoms with van der Waals surface area (Å²) in [6.45, 7) is 2.88. The van der Waals surface area contributed by atoms with E-state index in [9.17, 15) is 35.5 Å². The number of nitrogens with one attached hydrogen (secondary N) is 3. The number of hydrogen-bond donors (Lipinski definition) is 6. The lowest BCUT2D eigenvalue weighted by Gasteiger charge is -2.15. The van der Waals surface area contributed by atoms with Crippen LogP contribution in [0.15, 0.2) is 76.8 Å². The molecule has 4 rings (SSSR count). The summed E-state index contributed by atoms with van der Waals surface area (Å²) in [4.78, 5) is 30.4. The molecule has 4 aromatic rings. The van der Waals surface area contributed by atoms with Crippen molar-refractivity contribution in [3.63, 3.8) is 0 Å². The number of nitrogens with two attached hydrogens (primary N) is 1. The van der Waals surface area contributed by atoms with Crippen LogP contribution >= 0.6 is 0 Å². The molecule has 42 heavy (non-hydrogen) atoms. The average Bonchev–Trinajstić information content (AvgIpc) is 2.88. The second kappa shape index (κ2) is 11.5. The van der Waals surface area contributed by atoms with Crippen molar-refractivity contribution in [1.82, 2.24) is 9.97 Å². The number of pyridine rings is 1. The minimum absolute atomic E-state index is 0.0312. The van der Waals surface area contributed by atoms with Gasteiger partial charge in [-0.25, -0.2) is 4.57 Å². The summed E-state index contributed by atoms with van der Waals surface area (Å²) in [5, 5.41) is 7.91. The number of benzene rings is 2. The van der Waals surface area contributed by atoms with E-state index in [4.69, 9.17) is 5.73 Å². The molecule has 218 valence electrons. The summed E-state index contributed by atoms with van der Waals surface area (Å²) in [6, 6.07) is 11.9. The third kappa shape index (κ3) is 7.21. The molecule has 0 fully saturated rings. The van der Waals surface area contributed by atoms with Crippen LogP contribution in [-0.4, -0.2) is 47.7 Å². The van der Waals surface area contributed by atoms with E-state index in [1.165, 1.54) is 54.1 Å². The molecule has 0 saturated carbocycles. The third-order valence-electron chi connectivity index (χ3n) is 5.54. The van der Waals surface area contributed by atoms with E-state index in [1.54, 1.807) is 19.2 Å². The van der Waals surface area contributed by atoms with Gasteiger partial charge in [-0.15, -0.1) is 0 Å². The zero-order valence-electron chi connectivity index (χ0n) is 21.9. The van der Waals surface area contributed by atoms with E-state index < -0.39 is 41.8 Å². The van der Waals surface area contributed by atoms with E-state index in [1.807, 2.05) is 0 Å². The molecular weight excluding hydrogens is 590 g/mol. The van der Waals surface area contributed by atoms with E-state index >= 15 is 0 Å². The predicted molar refractivity (Wildman–Crippen MR) is 150 cm³/mol. The largest absolute Gasteiger partial charge is 0.439 e. The maximum atomic E-state index is 12.3. The van der Waals surface area contributed by atoms with Crippen molar-refractivity contribution in [2.24, 2.45) is 5.73 Å². The molecule has 0 bridgehead atoms. The Hall–Kier alpha value is -4.97. The Morgan fingerprint density at radius 3 is 2.05 bits per heavy atom. The second-order valence-corrected chi connectivity index (χ2v) is 11.6. The maximum absolute atomic E-state index is 12.3. The van der Waals surface area contributed by atoms with Gasteiger partial charge in [-0.3, -0.25) is 18.7 Å². The number of aryl methyl sites for hydroxylation is 1. The summed E-state index contributed by atoms with van der Waals surface area (Å²) >= 11 is 0. The van der Waals surface area contributed by atoms with Gasteiger partial charge < -0.3 is 21.7 Å².